The first-order valence-electron chi connectivity index (χ1n) is 8.68. The molecule has 1 aliphatic rings. The van der Waals surface area contributed by atoms with E-state index < -0.39 is 6.04 Å². The second kappa shape index (κ2) is 6.95. The lowest BCUT2D eigenvalue weighted by atomic mass is 10.1. The van der Waals surface area contributed by atoms with E-state index in [1.165, 1.54) is 0 Å². The van der Waals surface area contributed by atoms with Gasteiger partial charge in [-0.25, -0.2) is 0 Å². The molecule has 1 aliphatic heterocycles. The Kier molecular flexibility index (Phi) is 4.33. The maximum Gasteiger partial charge on any atom is 0.254 e. The summed E-state index contributed by atoms with van der Waals surface area (Å²) in [7, 11) is 0. The van der Waals surface area contributed by atoms with Crippen molar-refractivity contribution in [1.82, 2.24) is 10.3 Å². The highest BCUT2D eigenvalue weighted by Crippen LogP contribution is 2.20. The van der Waals surface area contributed by atoms with Crippen molar-refractivity contribution in [1.29, 1.82) is 0 Å². The van der Waals surface area contributed by atoms with E-state index in [2.05, 4.69) is 20.9 Å². The maximum absolute atomic E-state index is 12.3. The van der Waals surface area contributed by atoms with Crippen molar-refractivity contribution < 1.29 is 14.4 Å². The molecule has 4 N–H and O–H groups in total. The topological polar surface area (TPSA) is 103 Å². The van der Waals surface area contributed by atoms with Gasteiger partial charge in [-0.05, 0) is 42.8 Å². The summed E-state index contributed by atoms with van der Waals surface area (Å²) in [6.07, 6.45) is 2.16. The third-order valence-electron chi connectivity index (χ3n) is 4.55. The minimum atomic E-state index is -0.761. The van der Waals surface area contributed by atoms with Gasteiger partial charge in [-0.2, -0.15) is 0 Å². The number of hydrogen-bond donors (Lipinski definition) is 4. The Morgan fingerprint density at radius 2 is 1.93 bits per heavy atom. The number of para-hydroxylation sites is 1. The summed E-state index contributed by atoms with van der Waals surface area (Å²) in [6.45, 7) is 0. The van der Waals surface area contributed by atoms with Gasteiger partial charge >= 0.3 is 0 Å². The Balaban J connectivity index is 1.38. The highest BCUT2D eigenvalue weighted by molar-refractivity contribution is 6.10. The second-order valence-corrected chi connectivity index (χ2v) is 6.43. The molecule has 2 heterocycles. The summed E-state index contributed by atoms with van der Waals surface area (Å²) in [5, 5.41) is 9.25. The first-order chi connectivity index (χ1) is 13.1. The van der Waals surface area contributed by atoms with Crippen LogP contribution in [0.1, 0.15) is 23.2 Å². The fraction of sp³-hybridized carbons (Fsp3) is 0.150. The van der Waals surface area contributed by atoms with E-state index in [0.717, 1.165) is 10.9 Å². The standard InChI is InChI=1S/C20H18N4O3/c25-18(22-13-5-6-15-12(11-13)9-10-21-15)8-7-17-20(27)23-16-4-2-1-3-14(16)19(26)24-17/h1-6,9-11,17,21H,7-8H2,(H,22,25)(H,23,27)(H,24,26). The lowest BCUT2D eigenvalue weighted by Gasteiger charge is -2.14. The Labute approximate surface area is 155 Å². The number of nitrogens with one attached hydrogen (secondary N) is 4. The van der Waals surface area contributed by atoms with E-state index in [1.807, 2.05) is 30.5 Å². The van der Waals surface area contributed by atoms with Crippen LogP contribution in [-0.2, 0) is 9.59 Å². The molecule has 0 saturated heterocycles. The molecule has 7 heteroatoms. The average molecular weight is 362 g/mol. The minimum Gasteiger partial charge on any atom is -0.361 e. The molecule has 136 valence electrons. The van der Waals surface area contributed by atoms with Crippen LogP contribution in [0.25, 0.3) is 10.9 Å². The van der Waals surface area contributed by atoms with Gasteiger partial charge in [0.2, 0.25) is 11.8 Å². The maximum atomic E-state index is 12.3. The Bertz CT molecular complexity index is 1040. The average Bonchev–Trinajstić information content (AvgIpc) is 3.08. The van der Waals surface area contributed by atoms with Crippen LogP contribution in [-0.4, -0.2) is 28.7 Å². The fourth-order valence-electron chi connectivity index (χ4n) is 3.14. The number of carbonyl (C=O) groups is 3. The molecular formula is C20H18N4O3. The Morgan fingerprint density at radius 3 is 2.81 bits per heavy atom. The first-order valence-corrected chi connectivity index (χ1v) is 8.68. The van der Waals surface area contributed by atoms with E-state index >= 15 is 0 Å². The van der Waals surface area contributed by atoms with Gasteiger partial charge in [-0.3, -0.25) is 14.4 Å². The number of hydrogen-bond acceptors (Lipinski definition) is 3. The van der Waals surface area contributed by atoms with E-state index in [1.54, 1.807) is 24.3 Å². The summed E-state index contributed by atoms with van der Waals surface area (Å²) in [6, 6.07) is 13.6. The molecule has 0 fully saturated rings. The minimum absolute atomic E-state index is 0.111. The SMILES string of the molecule is O=C(CCC1NC(=O)c2ccccc2NC1=O)Nc1ccc2[nH]ccc2c1. The molecular weight excluding hydrogens is 344 g/mol. The summed E-state index contributed by atoms with van der Waals surface area (Å²) in [5.41, 5.74) is 2.57. The van der Waals surface area contributed by atoms with Crippen molar-refractivity contribution in [3.63, 3.8) is 0 Å². The van der Waals surface area contributed by atoms with Crippen LogP contribution in [0.5, 0.6) is 0 Å². The molecule has 3 aromatic rings. The predicted molar refractivity (Wildman–Crippen MR) is 102 cm³/mol. The lowest BCUT2D eigenvalue weighted by molar-refractivity contribution is -0.118. The molecule has 3 amide bonds. The molecule has 4 rings (SSSR count). The van der Waals surface area contributed by atoms with Crippen molar-refractivity contribution in [3.05, 3.63) is 60.3 Å². The highest BCUT2D eigenvalue weighted by atomic mass is 16.2. The summed E-state index contributed by atoms with van der Waals surface area (Å²) in [5.74, 6) is -0.865. The molecule has 7 nitrogen and oxygen atoms in total. The molecule has 1 aromatic heterocycles. The molecule has 0 radical (unpaired) electrons. The largest absolute Gasteiger partial charge is 0.361 e. The van der Waals surface area contributed by atoms with Crippen molar-refractivity contribution >= 4 is 40.0 Å². The number of amides is 3. The zero-order valence-corrected chi connectivity index (χ0v) is 14.4. The predicted octanol–water partition coefficient (Wildman–Crippen LogP) is 2.64. The summed E-state index contributed by atoms with van der Waals surface area (Å²) < 4.78 is 0. The van der Waals surface area contributed by atoms with Crippen LogP contribution in [0.3, 0.4) is 0 Å². The quantitative estimate of drug-likeness (QED) is 0.574. The first kappa shape index (κ1) is 16.8. The molecule has 0 spiro atoms. The number of anilines is 2. The zero-order valence-electron chi connectivity index (χ0n) is 14.4. The highest BCUT2D eigenvalue weighted by Gasteiger charge is 2.27. The smallest absolute Gasteiger partial charge is 0.254 e. The summed E-state index contributed by atoms with van der Waals surface area (Å²) in [4.78, 5) is 40.0. The van der Waals surface area contributed by atoms with Crippen LogP contribution in [0.2, 0.25) is 0 Å². The van der Waals surface area contributed by atoms with Gasteiger partial charge < -0.3 is 20.9 Å². The number of aromatic nitrogens is 1. The van der Waals surface area contributed by atoms with Gasteiger partial charge in [-0.1, -0.05) is 12.1 Å². The van der Waals surface area contributed by atoms with E-state index in [-0.39, 0.29) is 30.6 Å². The van der Waals surface area contributed by atoms with Gasteiger partial charge in [-0.15, -0.1) is 0 Å². The van der Waals surface area contributed by atoms with Crippen LogP contribution in [0.4, 0.5) is 11.4 Å². The van der Waals surface area contributed by atoms with Gasteiger partial charge in [0.1, 0.15) is 6.04 Å². The molecule has 1 unspecified atom stereocenters. The Hall–Kier alpha value is -3.61. The molecule has 0 bridgehead atoms. The number of benzene rings is 2. The fourth-order valence-corrected chi connectivity index (χ4v) is 3.14. The van der Waals surface area contributed by atoms with Crippen LogP contribution >= 0.6 is 0 Å². The molecule has 1 atom stereocenters. The van der Waals surface area contributed by atoms with Crippen molar-refractivity contribution in [2.24, 2.45) is 0 Å². The van der Waals surface area contributed by atoms with Crippen LogP contribution in [0.15, 0.2) is 54.7 Å². The number of H-pyrrole nitrogens is 1. The number of aromatic amines is 1. The van der Waals surface area contributed by atoms with Gasteiger partial charge in [0.15, 0.2) is 0 Å². The number of fused-ring (bicyclic) bond motifs is 2. The van der Waals surface area contributed by atoms with Crippen molar-refractivity contribution in [2.45, 2.75) is 18.9 Å². The van der Waals surface area contributed by atoms with Crippen LogP contribution in [0, 0.1) is 0 Å². The van der Waals surface area contributed by atoms with E-state index in [9.17, 15) is 14.4 Å². The summed E-state index contributed by atoms with van der Waals surface area (Å²) >= 11 is 0. The molecule has 0 saturated carbocycles. The third-order valence-corrected chi connectivity index (χ3v) is 4.55. The monoisotopic (exact) mass is 362 g/mol. The van der Waals surface area contributed by atoms with E-state index in [0.29, 0.717) is 16.9 Å². The molecule has 0 aliphatic carbocycles. The van der Waals surface area contributed by atoms with Crippen molar-refractivity contribution in [2.75, 3.05) is 10.6 Å². The second-order valence-electron chi connectivity index (χ2n) is 6.43. The number of carbonyl (C=O) groups excluding carboxylic acids is 3. The van der Waals surface area contributed by atoms with Crippen LogP contribution < -0.4 is 16.0 Å². The lowest BCUT2D eigenvalue weighted by Crippen LogP contribution is -2.41. The van der Waals surface area contributed by atoms with Gasteiger partial charge in [0, 0.05) is 29.2 Å². The molecule has 2 aromatic carbocycles. The third kappa shape index (κ3) is 3.52. The van der Waals surface area contributed by atoms with Gasteiger partial charge in [0.25, 0.3) is 5.91 Å². The Morgan fingerprint density at radius 1 is 1.07 bits per heavy atom. The van der Waals surface area contributed by atoms with E-state index in [4.69, 9.17) is 0 Å². The van der Waals surface area contributed by atoms with Gasteiger partial charge in [0.05, 0.1) is 11.3 Å². The van der Waals surface area contributed by atoms with Crippen molar-refractivity contribution in [3.8, 4) is 0 Å². The molecule has 27 heavy (non-hydrogen) atoms. The zero-order chi connectivity index (χ0) is 18.8. The normalized spacial score (nSPS) is 16.2. The number of rotatable bonds is 4.